The number of ketones is 2. The highest BCUT2D eigenvalue weighted by atomic mass is 79.9. The zero-order valence-electron chi connectivity index (χ0n) is 22.1. The molecule has 37 heavy (non-hydrogen) atoms. The number of benzene rings is 2. The summed E-state index contributed by atoms with van der Waals surface area (Å²) in [6, 6.07) is 13.5. The molecule has 2 aromatic carbocycles. The molecule has 0 N–H and O–H groups in total. The number of allylic oxidation sites excluding steroid dienone is 4. The number of carbonyl (C=O) groups is 2. The highest BCUT2D eigenvalue weighted by molar-refractivity contribution is 9.10. The second kappa shape index (κ2) is 9.43. The number of rotatable bonds is 4. The zero-order chi connectivity index (χ0) is 26.7. The maximum atomic E-state index is 13.7. The van der Waals surface area contributed by atoms with Gasteiger partial charge in [-0.2, -0.15) is 0 Å². The number of hydrogen-bond donors (Lipinski definition) is 0. The van der Waals surface area contributed by atoms with Crippen molar-refractivity contribution in [2.75, 3.05) is 7.05 Å². The monoisotopic (exact) mass is 581 g/mol. The van der Waals surface area contributed by atoms with Crippen LogP contribution in [-0.2, 0) is 16.2 Å². The Labute approximate surface area is 232 Å². The molecule has 0 unspecified atom stereocenters. The van der Waals surface area contributed by atoms with Crippen LogP contribution in [0.5, 0.6) is 5.75 Å². The van der Waals surface area contributed by atoms with Gasteiger partial charge in [0, 0.05) is 58.9 Å². The first-order valence-electron chi connectivity index (χ1n) is 12.8. The topological polar surface area (TPSA) is 46.6 Å². The summed E-state index contributed by atoms with van der Waals surface area (Å²) in [5.41, 5.74) is 5.31. The number of nitrogens with zero attached hydrogens (tertiary/aromatic N) is 1. The fourth-order valence-corrected chi connectivity index (χ4v) is 6.78. The fourth-order valence-electron chi connectivity index (χ4n) is 6.08. The number of hydrogen-bond acceptors (Lipinski definition) is 4. The van der Waals surface area contributed by atoms with Crippen LogP contribution in [-0.4, -0.2) is 23.5 Å². The Morgan fingerprint density at radius 3 is 2.03 bits per heavy atom. The molecule has 1 heterocycles. The van der Waals surface area contributed by atoms with E-state index in [2.05, 4.69) is 48.5 Å². The Balaban J connectivity index is 1.57. The minimum atomic E-state index is -0.359. The fraction of sp³-hybridized carbons (Fsp3) is 0.419. The van der Waals surface area contributed by atoms with Gasteiger partial charge >= 0.3 is 0 Å². The van der Waals surface area contributed by atoms with E-state index in [1.54, 1.807) is 0 Å². The smallest absolute Gasteiger partial charge is 0.162 e. The van der Waals surface area contributed by atoms with Crippen LogP contribution >= 0.6 is 27.5 Å². The molecule has 5 rings (SSSR count). The lowest BCUT2D eigenvalue weighted by Gasteiger charge is -2.47. The van der Waals surface area contributed by atoms with E-state index in [0.717, 1.165) is 51.0 Å². The van der Waals surface area contributed by atoms with Gasteiger partial charge in [0.25, 0.3) is 0 Å². The number of halogens is 2. The van der Waals surface area contributed by atoms with Gasteiger partial charge in [-0.25, -0.2) is 0 Å². The molecule has 3 aliphatic rings. The van der Waals surface area contributed by atoms with Crippen molar-refractivity contribution in [2.24, 2.45) is 10.8 Å². The summed E-state index contributed by atoms with van der Waals surface area (Å²) in [5, 5.41) is 0.665. The van der Waals surface area contributed by atoms with E-state index in [0.29, 0.717) is 30.2 Å². The first-order chi connectivity index (χ1) is 17.4. The van der Waals surface area contributed by atoms with Crippen LogP contribution in [0.2, 0.25) is 5.02 Å². The third kappa shape index (κ3) is 4.93. The van der Waals surface area contributed by atoms with Crippen molar-refractivity contribution >= 4 is 39.1 Å². The van der Waals surface area contributed by atoms with E-state index in [1.807, 2.05) is 49.5 Å². The summed E-state index contributed by atoms with van der Waals surface area (Å²) < 4.78 is 6.86. The molecule has 4 nitrogen and oxygen atoms in total. The molecule has 0 fully saturated rings. The van der Waals surface area contributed by atoms with Gasteiger partial charge in [0.05, 0.1) is 4.47 Å². The third-order valence-electron chi connectivity index (χ3n) is 7.81. The van der Waals surface area contributed by atoms with Crippen molar-refractivity contribution in [1.82, 2.24) is 4.90 Å². The van der Waals surface area contributed by atoms with Gasteiger partial charge in [-0.05, 0) is 63.4 Å². The Bertz CT molecular complexity index is 1320. The van der Waals surface area contributed by atoms with E-state index >= 15 is 0 Å². The molecule has 2 aromatic rings. The highest BCUT2D eigenvalue weighted by Crippen LogP contribution is 2.54. The van der Waals surface area contributed by atoms with Gasteiger partial charge < -0.3 is 9.64 Å². The normalized spacial score (nSPS) is 21.2. The second-order valence-corrected chi connectivity index (χ2v) is 13.4. The summed E-state index contributed by atoms with van der Waals surface area (Å²) in [4.78, 5) is 29.5. The lowest BCUT2D eigenvalue weighted by Crippen LogP contribution is -2.43. The van der Waals surface area contributed by atoms with Crippen LogP contribution in [0.15, 0.2) is 69.5 Å². The van der Waals surface area contributed by atoms with Crippen LogP contribution in [0.25, 0.3) is 0 Å². The minimum Gasteiger partial charge on any atom is -0.488 e. The molecule has 0 radical (unpaired) electrons. The average molecular weight is 583 g/mol. The van der Waals surface area contributed by atoms with E-state index in [-0.39, 0.29) is 28.3 Å². The van der Waals surface area contributed by atoms with E-state index in [4.69, 9.17) is 16.3 Å². The number of Topliss-reactive ketones (excluding diaryl/α,β-unsaturated/α-hetero) is 2. The van der Waals surface area contributed by atoms with Crippen LogP contribution in [0.3, 0.4) is 0 Å². The van der Waals surface area contributed by atoms with Gasteiger partial charge in [0.1, 0.15) is 12.4 Å². The van der Waals surface area contributed by atoms with Crippen molar-refractivity contribution < 1.29 is 14.3 Å². The van der Waals surface area contributed by atoms with Crippen LogP contribution in [0.1, 0.15) is 70.4 Å². The third-order valence-corrected chi connectivity index (χ3v) is 8.80. The number of carbonyl (C=O) groups excluding carboxylic acids is 2. The molecule has 0 aromatic heterocycles. The zero-order valence-corrected chi connectivity index (χ0v) is 24.4. The molecule has 0 atom stereocenters. The van der Waals surface area contributed by atoms with Gasteiger partial charge in [-0.15, -0.1) is 0 Å². The maximum Gasteiger partial charge on any atom is 0.162 e. The predicted molar refractivity (Wildman–Crippen MR) is 151 cm³/mol. The Morgan fingerprint density at radius 1 is 0.919 bits per heavy atom. The molecular weight excluding hydrogens is 550 g/mol. The van der Waals surface area contributed by atoms with Gasteiger partial charge in [0.15, 0.2) is 11.6 Å². The van der Waals surface area contributed by atoms with E-state index in [9.17, 15) is 9.59 Å². The summed E-state index contributed by atoms with van der Waals surface area (Å²) in [6.07, 6.45) is 2.59. The van der Waals surface area contributed by atoms with Gasteiger partial charge in [-0.3, -0.25) is 9.59 Å². The Morgan fingerprint density at radius 2 is 1.49 bits per heavy atom. The molecule has 2 aliphatic carbocycles. The minimum absolute atomic E-state index is 0.113. The van der Waals surface area contributed by atoms with Crippen molar-refractivity contribution in [3.05, 3.63) is 85.6 Å². The average Bonchev–Trinajstić information content (AvgIpc) is 2.79. The molecule has 6 heteroatoms. The molecular formula is C31H33BrClNO3. The first-order valence-corrected chi connectivity index (χ1v) is 14.0. The SMILES string of the molecule is CN1C2=C(C(=O)CC(C)(C)C2)C(c2ccc(OCc3ccccc3Cl)c(Br)c2)C2=C1CC(C)(C)CC2=O. The van der Waals surface area contributed by atoms with Crippen LogP contribution in [0, 0.1) is 10.8 Å². The first kappa shape index (κ1) is 26.2. The molecule has 0 saturated carbocycles. The largest absolute Gasteiger partial charge is 0.488 e. The molecule has 0 bridgehead atoms. The van der Waals surface area contributed by atoms with E-state index < -0.39 is 0 Å². The maximum absolute atomic E-state index is 13.7. The van der Waals surface area contributed by atoms with Crippen molar-refractivity contribution in [3.8, 4) is 5.75 Å². The Hall–Kier alpha value is -2.37. The number of ether oxygens (including phenoxy) is 1. The lowest BCUT2D eigenvalue weighted by atomic mass is 9.64. The lowest BCUT2D eigenvalue weighted by molar-refractivity contribution is -0.119. The van der Waals surface area contributed by atoms with Crippen LogP contribution < -0.4 is 4.74 Å². The van der Waals surface area contributed by atoms with Gasteiger partial charge in [-0.1, -0.05) is 63.6 Å². The molecule has 0 spiro atoms. The van der Waals surface area contributed by atoms with Crippen LogP contribution in [0.4, 0.5) is 0 Å². The summed E-state index contributed by atoms with van der Waals surface area (Å²) >= 11 is 9.99. The van der Waals surface area contributed by atoms with E-state index in [1.165, 1.54) is 0 Å². The van der Waals surface area contributed by atoms with Crippen molar-refractivity contribution in [1.29, 1.82) is 0 Å². The Kier molecular flexibility index (Phi) is 6.69. The standard InChI is InChI=1S/C31H33BrClNO3/c1-30(2)13-22-28(24(35)15-30)27(29-23(34(22)5)14-31(3,4)16-25(29)36)18-10-11-26(20(32)12-18)37-17-19-8-6-7-9-21(19)33/h6-12,27H,13-17H2,1-5H3. The van der Waals surface area contributed by atoms with Crippen molar-refractivity contribution in [3.63, 3.8) is 0 Å². The van der Waals surface area contributed by atoms with Crippen molar-refractivity contribution in [2.45, 2.75) is 65.9 Å². The summed E-state index contributed by atoms with van der Waals surface area (Å²) in [6.45, 7) is 8.95. The highest BCUT2D eigenvalue weighted by Gasteiger charge is 2.48. The molecule has 1 aliphatic heterocycles. The predicted octanol–water partition coefficient (Wildman–Crippen LogP) is 8.00. The molecule has 0 saturated heterocycles. The quantitative estimate of drug-likeness (QED) is 0.366. The molecule has 0 amide bonds. The van der Waals surface area contributed by atoms with Gasteiger partial charge in [0.2, 0.25) is 0 Å². The second-order valence-electron chi connectivity index (χ2n) is 12.2. The summed E-state index contributed by atoms with van der Waals surface area (Å²) in [7, 11) is 2.03. The summed E-state index contributed by atoms with van der Waals surface area (Å²) in [5.74, 6) is 0.611. The molecule has 194 valence electrons.